The summed E-state index contributed by atoms with van der Waals surface area (Å²) in [5, 5.41) is 13.0. The lowest BCUT2D eigenvalue weighted by atomic mass is 10.3. The van der Waals surface area contributed by atoms with Gasteiger partial charge in [-0.05, 0) is 38.1 Å². The monoisotopic (exact) mass is 484 g/mol. The number of nitrogens with zero attached hydrogens (tertiary/aromatic N) is 4. The highest BCUT2D eigenvalue weighted by atomic mass is 32.2. The Kier molecular flexibility index (Phi) is 6.47. The number of carbonyl (C=O) groups is 2. The smallest absolute Gasteiger partial charge is 0.295 e. The number of carbonyl (C=O) groups excluding carboxylic acids is 2. The first-order valence-electron chi connectivity index (χ1n) is 9.85. The lowest BCUT2D eigenvalue weighted by molar-refractivity contribution is -0.115. The van der Waals surface area contributed by atoms with Crippen molar-refractivity contribution < 1.29 is 14.0 Å². The molecule has 0 aliphatic heterocycles. The van der Waals surface area contributed by atoms with Crippen molar-refractivity contribution in [3.05, 3.63) is 70.5 Å². The van der Waals surface area contributed by atoms with Crippen molar-refractivity contribution in [2.45, 2.75) is 23.4 Å². The van der Waals surface area contributed by atoms with Crippen molar-refractivity contribution >= 4 is 45.7 Å². The van der Waals surface area contributed by atoms with Crippen LogP contribution < -0.4 is 16.2 Å². The molecule has 10 nitrogen and oxygen atoms in total. The molecule has 12 heteroatoms. The Morgan fingerprint density at radius 1 is 1.12 bits per heavy atom. The maximum Gasteiger partial charge on any atom is 0.295 e. The summed E-state index contributed by atoms with van der Waals surface area (Å²) in [6.07, 6.45) is 1.40. The van der Waals surface area contributed by atoms with E-state index in [-0.39, 0.29) is 28.0 Å². The highest BCUT2D eigenvalue weighted by molar-refractivity contribution is 8.02. The number of hydrogen-bond acceptors (Lipinski definition) is 8. The average molecular weight is 485 g/mol. The number of rotatable bonds is 7. The second-order valence-corrected chi connectivity index (χ2v) is 9.56. The molecule has 170 valence electrons. The van der Waals surface area contributed by atoms with E-state index in [9.17, 15) is 14.4 Å². The van der Waals surface area contributed by atoms with Gasteiger partial charge < -0.3 is 9.73 Å². The fourth-order valence-corrected chi connectivity index (χ4v) is 4.91. The number of para-hydroxylation sites is 1. The first kappa shape index (κ1) is 22.6. The number of benzene rings is 1. The lowest BCUT2D eigenvalue weighted by Gasteiger charge is -2.09. The van der Waals surface area contributed by atoms with E-state index in [0.29, 0.717) is 15.7 Å². The van der Waals surface area contributed by atoms with E-state index < -0.39 is 11.2 Å². The van der Waals surface area contributed by atoms with Gasteiger partial charge in [0.05, 0.1) is 22.9 Å². The van der Waals surface area contributed by atoms with E-state index in [1.54, 1.807) is 31.6 Å². The molecule has 0 radical (unpaired) electrons. The maximum absolute atomic E-state index is 13.0. The van der Waals surface area contributed by atoms with Crippen molar-refractivity contribution in [3.63, 3.8) is 0 Å². The van der Waals surface area contributed by atoms with Gasteiger partial charge in [-0.15, -0.1) is 10.2 Å². The van der Waals surface area contributed by atoms with Crippen LogP contribution in [0.25, 0.3) is 5.69 Å². The SMILES string of the molecule is Cc1c(NC(=O)C(C)Sc2nnc(NC(=O)c3ccco3)s2)c(=O)n(-c2ccccc2)n1C. The first-order chi connectivity index (χ1) is 15.8. The van der Waals surface area contributed by atoms with Gasteiger partial charge >= 0.3 is 0 Å². The Hall–Kier alpha value is -3.64. The molecule has 1 atom stereocenters. The molecule has 4 aromatic rings. The van der Waals surface area contributed by atoms with E-state index in [1.165, 1.54) is 28.8 Å². The van der Waals surface area contributed by atoms with E-state index >= 15 is 0 Å². The van der Waals surface area contributed by atoms with E-state index in [0.717, 1.165) is 11.3 Å². The third-order valence-corrected chi connectivity index (χ3v) is 6.84. The fraction of sp³-hybridized carbons (Fsp3) is 0.190. The summed E-state index contributed by atoms with van der Waals surface area (Å²) in [6, 6.07) is 12.3. The minimum Gasteiger partial charge on any atom is -0.459 e. The minimum absolute atomic E-state index is 0.159. The molecule has 0 fully saturated rings. The van der Waals surface area contributed by atoms with Crippen molar-refractivity contribution in [2.75, 3.05) is 10.6 Å². The van der Waals surface area contributed by atoms with Gasteiger partial charge in [0.25, 0.3) is 11.5 Å². The molecule has 0 saturated carbocycles. The van der Waals surface area contributed by atoms with Crippen LogP contribution in [0.2, 0.25) is 0 Å². The minimum atomic E-state index is -0.559. The molecule has 0 saturated heterocycles. The Bertz CT molecular complexity index is 1340. The number of hydrogen-bond donors (Lipinski definition) is 2. The standard InChI is InChI=1S/C21H20N6O4S2/c1-12-16(19(30)27(26(12)3)14-8-5-4-6-9-14)22-17(28)13(2)32-21-25-24-20(33-21)23-18(29)15-10-7-11-31-15/h4-11,13H,1-3H3,(H,22,28)(H,23,24,29). The van der Waals surface area contributed by atoms with Crippen LogP contribution in [0.1, 0.15) is 23.2 Å². The van der Waals surface area contributed by atoms with Crippen LogP contribution >= 0.6 is 23.1 Å². The second-order valence-electron chi connectivity index (χ2n) is 6.99. The van der Waals surface area contributed by atoms with Gasteiger partial charge in [0, 0.05) is 7.05 Å². The zero-order valence-electron chi connectivity index (χ0n) is 17.9. The van der Waals surface area contributed by atoms with Gasteiger partial charge in [0.1, 0.15) is 5.69 Å². The van der Waals surface area contributed by atoms with E-state index in [2.05, 4.69) is 20.8 Å². The third-order valence-electron chi connectivity index (χ3n) is 4.82. The molecular weight excluding hydrogens is 464 g/mol. The second kappa shape index (κ2) is 9.46. The van der Waals surface area contributed by atoms with Gasteiger partial charge in [0.2, 0.25) is 11.0 Å². The number of aromatic nitrogens is 4. The van der Waals surface area contributed by atoms with Crippen LogP contribution in [0.4, 0.5) is 10.8 Å². The van der Waals surface area contributed by atoms with Gasteiger partial charge in [-0.3, -0.25) is 24.4 Å². The van der Waals surface area contributed by atoms with Gasteiger partial charge in [0.15, 0.2) is 10.1 Å². The highest BCUT2D eigenvalue weighted by Crippen LogP contribution is 2.29. The van der Waals surface area contributed by atoms with Crippen LogP contribution in [-0.4, -0.2) is 36.6 Å². The molecule has 0 bridgehead atoms. The van der Waals surface area contributed by atoms with Crippen molar-refractivity contribution in [2.24, 2.45) is 7.05 Å². The molecule has 4 rings (SSSR count). The first-order valence-corrected chi connectivity index (χ1v) is 11.5. The molecular formula is C21H20N6O4S2. The fourth-order valence-electron chi connectivity index (χ4n) is 3.02. The largest absolute Gasteiger partial charge is 0.459 e. The number of thioether (sulfide) groups is 1. The van der Waals surface area contributed by atoms with Gasteiger partial charge in [-0.1, -0.05) is 41.3 Å². The van der Waals surface area contributed by atoms with Crippen molar-refractivity contribution in [1.82, 2.24) is 19.6 Å². The molecule has 33 heavy (non-hydrogen) atoms. The van der Waals surface area contributed by atoms with Crippen molar-refractivity contribution in [3.8, 4) is 5.69 Å². The summed E-state index contributed by atoms with van der Waals surface area (Å²) < 4.78 is 8.74. The Labute approximate surface area is 196 Å². The third kappa shape index (κ3) is 4.76. The van der Waals surface area contributed by atoms with Gasteiger partial charge in [-0.25, -0.2) is 4.68 Å². The van der Waals surface area contributed by atoms with Crippen LogP contribution in [0, 0.1) is 6.92 Å². The molecule has 2 amide bonds. The number of nitrogens with one attached hydrogen (secondary N) is 2. The summed E-state index contributed by atoms with van der Waals surface area (Å²) in [6.45, 7) is 3.48. The topological polar surface area (TPSA) is 124 Å². The maximum atomic E-state index is 13.0. The molecule has 3 aromatic heterocycles. The predicted molar refractivity (Wildman–Crippen MR) is 126 cm³/mol. The molecule has 2 N–H and O–H groups in total. The van der Waals surface area contributed by atoms with Crippen LogP contribution in [0.5, 0.6) is 0 Å². The molecule has 0 spiro atoms. The zero-order valence-corrected chi connectivity index (χ0v) is 19.6. The van der Waals surface area contributed by atoms with Gasteiger partial charge in [-0.2, -0.15) is 0 Å². The number of furan rings is 1. The van der Waals surface area contributed by atoms with E-state index in [4.69, 9.17) is 4.42 Å². The molecule has 0 aliphatic carbocycles. The van der Waals surface area contributed by atoms with Crippen LogP contribution in [0.15, 0.2) is 62.3 Å². The van der Waals surface area contributed by atoms with Crippen molar-refractivity contribution in [1.29, 1.82) is 0 Å². The van der Waals surface area contributed by atoms with E-state index in [1.807, 2.05) is 30.3 Å². The predicted octanol–water partition coefficient (Wildman–Crippen LogP) is 3.30. The zero-order chi connectivity index (χ0) is 23.5. The Morgan fingerprint density at radius 3 is 2.58 bits per heavy atom. The van der Waals surface area contributed by atoms with Crippen LogP contribution in [0.3, 0.4) is 0 Å². The highest BCUT2D eigenvalue weighted by Gasteiger charge is 2.23. The molecule has 3 heterocycles. The summed E-state index contributed by atoms with van der Waals surface area (Å²) in [5.74, 6) is -0.623. The Morgan fingerprint density at radius 2 is 1.88 bits per heavy atom. The quantitative estimate of drug-likeness (QED) is 0.305. The molecule has 0 aliphatic rings. The average Bonchev–Trinajstić information content (AvgIpc) is 3.53. The summed E-state index contributed by atoms with van der Waals surface area (Å²) in [5.41, 5.74) is 1.25. The summed E-state index contributed by atoms with van der Waals surface area (Å²) in [4.78, 5) is 37.8. The Balaban J connectivity index is 1.43. The summed E-state index contributed by atoms with van der Waals surface area (Å²) >= 11 is 2.32. The molecule has 1 aromatic carbocycles. The van der Waals surface area contributed by atoms with Crippen LogP contribution in [-0.2, 0) is 11.8 Å². The lowest BCUT2D eigenvalue weighted by Crippen LogP contribution is -2.27. The number of amides is 2. The summed E-state index contributed by atoms with van der Waals surface area (Å²) in [7, 11) is 1.76. The normalized spacial score (nSPS) is 11.8. The molecule has 1 unspecified atom stereocenters. The number of anilines is 2.